The molecule has 0 fully saturated rings. The molecule has 1 N–H and O–H groups in total. The summed E-state index contributed by atoms with van der Waals surface area (Å²) < 4.78 is 5.11. The minimum absolute atomic E-state index is 0.187. The molecule has 0 radical (unpaired) electrons. The van der Waals surface area contributed by atoms with Gasteiger partial charge in [0.1, 0.15) is 5.75 Å². The van der Waals surface area contributed by atoms with Crippen molar-refractivity contribution in [1.29, 1.82) is 0 Å². The highest BCUT2D eigenvalue weighted by molar-refractivity contribution is 5.93. The Morgan fingerprint density at radius 1 is 1.21 bits per heavy atom. The molecule has 2 aromatic rings. The number of amides is 1. The second-order valence-electron chi connectivity index (χ2n) is 5.58. The third-order valence-corrected chi connectivity index (χ3v) is 3.70. The maximum absolute atomic E-state index is 12.2. The fraction of sp³-hybridized carbons (Fsp3) is 0.389. The van der Waals surface area contributed by atoms with Crippen molar-refractivity contribution in [3.8, 4) is 5.75 Å². The van der Waals surface area contributed by atoms with Crippen molar-refractivity contribution in [1.82, 2.24) is 15.3 Å². The van der Waals surface area contributed by atoms with Crippen LogP contribution in [0.1, 0.15) is 35.7 Å². The van der Waals surface area contributed by atoms with Gasteiger partial charge in [-0.15, -0.1) is 0 Å². The van der Waals surface area contributed by atoms with E-state index in [0.717, 1.165) is 30.7 Å². The standard InChI is InChI=1S/C18H24N4O2/c1-4-5-10-22(2)18-20-12-15(13-21-18)17(23)19-11-14-6-8-16(24-3)9-7-14/h6-9,12-13H,4-5,10-11H2,1-3H3,(H,19,23). The number of hydrogen-bond acceptors (Lipinski definition) is 5. The Morgan fingerprint density at radius 2 is 1.88 bits per heavy atom. The number of nitrogens with one attached hydrogen (secondary N) is 1. The summed E-state index contributed by atoms with van der Waals surface area (Å²) >= 11 is 0. The molecule has 0 saturated heterocycles. The van der Waals surface area contributed by atoms with Crippen LogP contribution in [0.15, 0.2) is 36.7 Å². The molecule has 0 saturated carbocycles. The predicted octanol–water partition coefficient (Wildman–Crippen LogP) is 2.65. The van der Waals surface area contributed by atoms with Crippen LogP contribution in [0.5, 0.6) is 5.75 Å². The predicted molar refractivity (Wildman–Crippen MR) is 94.4 cm³/mol. The van der Waals surface area contributed by atoms with E-state index in [1.54, 1.807) is 19.5 Å². The zero-order valence-corrected chi connectivity index (χ0v) is 14.5. The first-order valence-electron chi connectivity index (χ1n) is 8.08. The van der Waals surface area contributed by atoms with Crippen molar-refractivity contribution in [3.63, 3.8) is 0 Å². The number of carbonyl (C=O) groups is 1. The van der Waals surface area contributed by atoms with Gasteiger partial charge >= 0.3 is 0 Å². The Kier molecular flexibility index (Phi) is 6.54. The van der Waals surface area contributed by atoms with Crippen LogP contribution in [0.3, 0.4) is 0 Å². The first kappa shape index (κ1) is 17.7. The number of aromatic nitrogens is 2. The number of methoxy groups -OCH3 is 1. The van der Waals surface area contributed by atoms with Gasteiger partial charge in [0.25, 0.3) is 5.91 Å². The van der Waals surface area contributed by atoms with Crippen LogP contribution < -0.4 is 15.0 Å². The lowest BCUT2D eigenvalue weighted by Crippen LogP contribution is -2.24. The lowest BCUT2D eigenvalue weighted by atomic mass is 10.2. The van der Waals surface area contributed by atoms with Gasteiger partial charge in [-0.05, 0) is 24.1 Å². The molecule has 0 atom stereocenters. The summed E-state index contributed by atoms with van der Waals surface area (Å²) in [6.45, 7) is 3.49. The van der Waals surface area contributed by atoms with Crippen LogP contribution in [-0.2, 0) is 6.54 Å². The lowest BCUT2D eigenvalue weighted by Gasteiger charge is -2.16. The van der Waals surface area contributed by atoms with Crippen molar-refractivity contribution in [2.24, 2.45) is 0 Å². The van der Waals surface area contributed by atoms with Gasteiger partial charge in [0, 0.05) is 32.5 Å². The van der Waals surface area contributed by atoms with Gasteiger partial charge in [0.05, 0.1) is 12.7 Å². The summed E-state index contributed by atoms with van der Waals surface area (Å²) in [6, 6.07) is 7.57. The van der Waals surface area contributed by atoms with E-state index in [0.29, 0.717) is 18.1 Å². The molecular weight excluding hydrogens is 304 g/mol. The average Bonchev–Trinajstić information content (AvgIpc) is 2.64. The topological polar surface area (TPSA) is 67.4 Å². The number of rotatable bonds is 8. The highest BCUT2D eigenvalue weighted by Crippen LogP contribution is 2.11. The van der Waals surface area contributed by atoms with Crippen LogP contribution in [0.25, 0.3) is 0 Å². The molecule has 0 spiro atoms. The fourth-order valence-corrected chi connectivity index (χ4v) is 2.16. The monoisotopic (exact) mass is 328 g/mol. The number of hydrogen-bond donors (Lipinski definition) is 1. The fourth-order valence-electron chi connectivity index (χ4n) is 2.16. The van der Waals surface area contributed by atoms with Crippen molar-refractivity contribution in [3.05, 3.63) is 47.8 Å². The van der Waals surface area contributed by atoms with Crippen molar-refractivity contribution in [2.45, 2.75) is 26.3 Å². The lowest BCUT2D eigenvalue weighted by molar-refractivity contribution is 0.0950. The Labute approximate surface area is 142 Å². The van der Waals surface area contributed by atoms with E-state index in [-0.39, 0.29) is 5.91 Å². The summed E-state index contributed by atoms with van der Waals surface area (Å²) in [7, 11) is 3.58. The molecule has 0 aliphatic carbocycles. The Bertz CT molecular complexity index is 641. The normalized spacial score (nSPS) is 10.3. The molecule has 1 amide bonds. The average molecular weight is 328 g/mol. The van der Waals surface area contributed by atoms with Gasteiger partial charge in [0.2, 0.25) is 5.95 Å². The Morgan fingerprint density at radius 3 is 2.46 bits per heavy atom. The summed E-state index contributed by atoms with van der Waals surface area (Å²) in [6.07, 6.45) is 5.34. The highest BCUT2D eigenvalue weighted by atomic mass is 16.5. The maximum Gasteiger partial charge on any atom is 0.254 e. The van der Waals surface area contributed by atoms with Gasteiger partial charge in [-0.3, -0.25) is 4.79 Å². The molecular formula is C18H24N4O2. The molecule has 128 valence electrons. The maximum atomic E-state index is 12.2. The number of anilines is 1. The number of carbonyl (C=O) groups excluding carboxylic acids is 1. The molecule has 1 heterocycles. The van der Waals surface area contributed by atoms with Crippen LogP contribution in [0.2, 0.25) is 0 Å². The first-order valence-corrected chi connectivity index (χ1v) is 8.08. The van der Waals surface area contributed by atoms with Crippen molar-refractivity contribution < 1.29 is 9.53 Å². The zero-order chi connectivity index (χ0) is 17.4. The molecule has 1 aromatic heterocycles. The van der Waals surface area contributed by atoms with Crippen molar-refractivity contribution in [2.75, 3.05) is 25.6 Å². The molecule has 0 aliphatic rings. The van der Waals surface area contributed by atoms with Gasteiger partial charge < -0.3 is 15.0 Å². The molecule has 0 unspecified atom stereocenters. The van der Waals surface area contributed by atoms with Gasteiger partial charge in [-0.2, -0.15) is 0 Å². The van der Waals surface area contributed by atoms with Gasteiger partial charge in [0.15, 0.2) is 0 Å². The van der Waals surface area contributed by atoms with Gasteiger partial charge in [-0.1, -0.05) is 25.5 Å². The zero-order valence-electron chi connectivity index (χ0n) is 14.5. The van der Waals surface area contributed by atoms with Gasteiger partial charge in [-0.25, -0.2) is 9.97 Å². The summed E-state index contributed by atoms with van der Waals surface area (Å²) in [5, 5.41) is 2.86. The van der Waals surface area contributed by atoms with E-state index in [1.807, 2.05) is 36.2 Å². The number of ether oxygens (including phenoxy) is 1. The van der Waals surface area contributed by atoms with E-state index in [4.69, 9.17) is 4.74 Å². The van der Waals surface area contributed by atoms with Crippen LogP contribution >= 0.6 is 0 Å². The minimum Gasteiger partial charge on any atom is -0.497 e. The largest absolute Gasteiger partial charge is 0.497 e. The second-order valence-corrected chi connectivity index (χ2v) is 5.58. The Hall–Kier alpha value is -2.63. The van der Waals surface area contributed by atoms with E-state index in [1.165, 1.54) is 0 Å². The van der Waals surface area contributed by atoms with Crippen LogP contribution in [-0.4, -0.2) is 36.6 Å². The van der Waals surface area contributed by atoms with E-state index >= 15 is 0 Å². The van der Waals surface area contributed by atoms with Crippen LogP contribution in [0.4, 0.5) is 5.95 Å². The third kappa shape index (κ3) is 4.94. The summed E-state index contributed by atoms with van der Waals surface area (Å²) in [5.41, 5.74) is 1.46. The number of unbranched alkanes of at least 4 members (excludes halogenated alkanes) is 1. The molecule has 6 nitrogen and oxygen atoms in total. The molecule has 24 heavy (non-hydrogen) atoms. The van der Waals surface area contributed by atoms with Crippen molar-refractivity contribution >= 4 is 11.9 Å². The third-order valence-electron chi connectivity index (χ3n) is 3.70. The Balaban J connectivity index is 1.89. The summed E-state index contributed by atoms with van der Waals surface area (Å²) in [5.74, 6) is 1.24. The minimum atomic E-state index is -0.187. The molecule has 6 heteroatoms. The quantitative estimate of drug-likeness (QED) is 0.807. The molecule has 0 bridgehead atoms. The number of nitrogens with zero attached hydrogens (tertiary/aromatic N) is 3. The highest BCUT2D eigenvalue weighted by Gasteiger charge is 2.09. The summed E-state index contributed by atoms with van der Waals surface area (Å²) in [4.78, 5) is 22.7. The molecule has 1 aromatic carbocycles. The molecule has 0 aliphatic heterocycles. The van der Waals surface area contributed by atoms with Crippen LogP contribution in [0, 0.1) is 0 Å². The second kappa shape index (κ2) is 8.86. The smallest absolute Gasteiger partial charge is 0.254 e. The van der Waals surface area contributed by atoms with E-state index in [2.05, 4.69) is 22.2 Å². The molecule has 2 rings (SSSR count). The SMILES string of the molecule is CCCCN(C)c1ncc(C(=O)NCc2ccc(OC)cc2)cn1. The number of benzene rings is 1. The van der Waals surface area contributed by atoms with E-state index < -0.39 is 0 Å². The first-order chi connectivity index (χ1) is 11.6. The van der Waals surface area contributed by atoms with E-state index in [9.17, 15) is 4.79 Å².